The number of aliphatic hydroxyl groups is 1. The first-order chi connectivity index (χ1) is 11.1. The fourth-order valence-corrected chi connectivity index (χ4v) is 2.75. The highest BCUT2D eigenvalue weighted by molar-refractivity contribution is 7.10. The van der Waals surface area contributed by atoms with Crippen molar-refractivity contribution >= 4 is 17.4 Å². The number of carbonyl (C=O) groups is 1. The van der Waals surface area contributed by atoms with Gasteiger partial charge in [-0.05, 0) is 36.9 Å². The predicted octanol–water partition coefficient (Wildman–Crippen LogP) is 2.72. The van der Waals surface area contributed by atoms with Crippen LogP contribution in [0.15, 0.2) is 47.8 Å². The van der Waals surface area contributed by atoms with Crippen molar-refractivity contribution in [2.24, 2.45) is 0 Å². The summed E-state index contributed by atoms with van der Waals surface area (Å²) in [5.74, 6) is 0.823. The van der Waals surface area contributed by atoms with Crippen LogP contribution >= 0.6 is 11.3 Å². The molecule has 1 aromatic heterocycles. The first-order valence-electron chi connectivity index (χ1n) is 7.54. The van der Waals surface area contributed by atoms with Crippen LogP contribution in [0.25, 0.3) is 0 Å². The number of hydrogen-bond donors (Lipinski definition) is 3. The van der Waals surface area contributed by atoms with E-state index < -0.39 is 5.60 Å². The van der Waals surface area contributed by atoms with Crippen molar-refractivity contribution in [1.82, 2.24) is 10.6 Å². The lowest BCUT2D eigenvalue weighted by molar-refractivity contribution is 0.0631. The van der Waals surface area contributed by atoms with Crippen LogP contribution in [0, 0.1) is 0 Å². The van der Waals surface area contributed by atoms with Crippen LogP contribution in [0.1, 0.15) is 18.2 Å². The van der Waals surface area contributed by atoms with Gasteiger partial charge in [0, 0.05) is 11.4 Å². The predicted molar refractivity (Wildman–Crippen MR) is 91.8 cm³/mol. The first-order valence-corrected chi connectivity index (χ1v) is 8.42. The number of carbonyl (C=O) groups excluding carboxylic acids is 1. The van der Waals surface area contributed by atoms with Crippen molar-refractivity contribution in [2.75, 3.05) is 19.7 Å². The van der Waals surface area contributed by atoms with E-state index in [0.29, 0.717) is 19.6 Å². The fourth-order valence-electron chi connectivity index (χ4n) is 1.97. The third-order valence-corrected chi connectivity index (χ3v) is 4.39. The molecule has 6 heteroatoms. The molecule has 1 aromatic carbocycles. The average molecular weight is 334 g/mol. The van der Waals surface area contributed by atoms with E-state index in [9.17, 15) is 9.90 Å². The van der Waals surface area contributed by atoms with Gasteiger partial charge in [-0.3, -0.25) is 0 Å². The smallest absolute Gasteiger partial charge is 0.314 e. The summed E-state index contributed by atoms with van der Waals surface area (Å²) in [5, 5.41) is 17.6. The van der Waals surface area contributed by atoms with Gasteiger partial charge in [0.25, 0.3) is 0 Å². The van der Waals surface area contributed by atoms with Crippen molar-refractivity contribution in [3.05, 3.63) is 52.7 Å². The van der Waals surface area contributed by atoms with Crippen LogP contribution in [0.5, 0.6) is 5.75 Å². The third-order valence-electron chi connectivity index (χ3n) is 3.26. The van der Waals surface area contributed by atoms with Crippen LogP contribution in [0.4, 0.5) is 4.79 Å². The van der Waals surface area contributed by atoms with Crippen LogP contribution in [0.2, 0.25) is 0 Å². The molecular weight excluding hydrogens is 312 g/mol. The van der Waals surface area contributed by atoms with E-state index in [1.807, 2.05) is 47.8 Å². The fraction of sp³-hybridized carbons (Fsp3) is 0.353. The second-order valence-corrected chi connectivity index (χ2v) is 6.32. The Morgan fingerprint density at radius 2 is 2.00 bits per heavy atom. The normalized spacial score (nSPS) is 13.1. The van der Waals surface area contributed by atoms with Crippen LogP contribution in [0.3, 0.4) is 0 Å². The number of rotatable bonds is 8. The number of para-hydroxylation sites is 1. The van der Waals surface area contributed by atoms with Gasteiger partial charge in [0.2, 0.25) is 0 Å². The SMILES string of the molecule is CC(O)(CNC(=O)NCCCOc1ccccc1)c1cccs1. The van der Waals surface area contributed by atoms with Crippen molar-refractivity contribution in [1.29, 1.82) is 0 Å². The lowest BCUT2D eigenvalue weighted by Crippen LogP contribution is -2.43. The number of amides is 2. The maximum Gasteiger partial charge on any atom is 0.314 e. The summed E-state index contributed by atoms with van der Waals surface area (Å²) in [6, 6.07) is 13.0. The zero-order valence-corrected chi connectivity index (χ0v) is 13.9. The highest BCUT2D eigenvalue weighted by atomic mass is 32.1. The minimum absolute atomic E-state index is 0.167. The Morgan fingerprint density at radius 3 is 2.70 bits per heavy atom. The molecule has 3 N–H and O–H groups in total. The van der Waals surface area contributed by atoms with Gasteiger partial charge >= 0.3 is 6.03 Å². The number of nitrogens with one attached hydrogen (secondary N) is 2. The first kappa shape index (κ1) is 17.3. The molecule has 2 aromatic rings. The van der Waals surface area contributed by atoms with E-state index in [1.165, 1.54) is 11.3 Å². The minimum atomic E-state index is -1.05. The monoisotopic (exact) mass is 334 g/mol. The van der Waals surface area contributed by atoms with Gasteiger partial charge in [-0.15, -0.1) is 11.3 Å². The quantitative estimate of drug-likeness (QED) is 0.650. The molecule has 1 heterocycles. The van der Waals surface area contributed by atoms with E-state index in [1.54, 1.807) is 6.92 Å². The molecule has 0 fully saturated rings. The highest BCUT2D eigenvalue weighted by Crippen LogP contribution is 2.24. The van der Waals surface area contributed by atoms with E-state index in [2.05, 4.69) is 10.6 Å². The number of hydrogen-bond acceptors (Lipinski definition) is 4. The van der Waals surface area contributed by atoms with Crippen LogP contribution in [-0.2, 0) is 5.60 Å². The van der Waals surface area contributed by atoms with Crippen molar-refractivity contribution in [3.8, 4) is 5.75 Å². The lowest BCUT2D eigenvalue weighted by atomic mass is 10.1. The largest absolute Gasteiger partial charge is 0.494 e. The Hall–Kier alpha value is -2.05. The van der Waals surface area contributed by atoms with Gasteiger partial charge in [-0.2, -0.15) is 0 Å². The summed E-state index contributed by atoms with van der Waals surface area (Å²) in [6.07, 6.45) is 0.712. The summed E-state index contributed by atoms with van der Waals surface area (Å²) in [5.41, 5.74) is -1.05. The van der Waals surface area contributed by atoms with E-state index in [4.69, 9.17) is 4.74 Å². The molecule has 0 bridgehead atoms. The molecule has 1 unspecified atom stereocenters. The second kappa shape index (κ2) is 8.55. The molecule has 0 aliphatic heterocycles. The van der Waals surface area contributed by atoms with Gasteiger partial charge < -0.3 is 20.5 Å². The van der Waals surface area contributed by atoms with E-state index in [-0.39, 0.29) is 12.6 Å². The Balaban J connectivity index is 1.58. The molecule has 0 saturated heterocycles. The summed E-state index contributed by atoms with van der Waals surface area (Å²) in [7, 11) is 0. The second-order valence-electron chi connectivity index (χ2n) is 5.38. The minimum Gasteiger partial charge on any atom is -0.494 e. The molecule has 0 aliphatic carbocycles. The number of thiophene rings is 1. The number of benzene rings is 1. The number of urea groups is 1. The zero-order valence-electron chi connectivity index (χ0n) is 13.1. The van der Waals surface area contributed by atoms with E-state index >= 15 is 0 Å². The Labute approximate surface area is 140 Å². The molecule has 2 amide bonds. The molecule has 23 heavy (non-hydrogen) atoms. The summed E-state index contributed by atoms with van der Waals surface area (Å²) < 4.78 is 5.54. The van der Waals surface area contributed by atoms with E-state index in [0.717, 1.165) is 10.6 Å². The molecule has 0 aliphatic rings. The summed E-state index contributed by atoms with van der Waals surface area (Å²) >= 11 is 1.47. The molecule has 0 saturated carbocycles. The van der Waals surface area contributed by atoms with Gasteiger partial charge in [0.15, 0.2) is 0 Å². The van der Waals surface area contributed by atoms with Gasteiger partial charge in [0.05, 0.1) is 13.2 Å². The lowest BCUT2D eigenvalue weighted by Gasteiger charge is -2.22. The van der Waals surface area contributed by atoms with Gasteiger partial charge in [0.1, 0.15) is 11.4 Å². The maximum absolute atomic E-state index is 11.7. The van der Waals surface area contributed by atoms with Crippen molar-refractivity contribution < 1.29 is 14.6 Å². The Morgan fingerprint density at radius 1 is 1.22 bits per heavy atom. The topological polar surface area (TPSA) is 70.6 Å². The Bertz CT molecular complexity index is 585. The summed E-state index contributed by atoms with van der Waals surface area (Å²) in [4.78, 5) is 12.5. The summed E-state index contributed by atoms with van der Waals surface area (Å²) in [6.45, 7) is 2.91. The third kappa shape index (κ3) is 5.92. The maximum atomic E-state index is 11.7. The molecule has 124 valence electrons. The van der Waals surface area contributed by atoms with Crippen molar-refractivity contribution in [2.45, 2.75) is 18.9 Å². The van der Waals surface area contributed by atoms with Gasteiger partial charge in [-0.1, -0.05) is 24.3 Å². The van der Waals surface area contributed by atoms with Crippen LogP contribution < -0.4 is 15.4 Å². The highest BCUT2D eigenvalue weighted by Gasteiger charge is 2.24. The molecule has 5 nitrogen and oxygen atoms in total. The number of ether oxygens (including phenoxy) is 1. The van der Waals surface area contributed by atoms with Crippen molar-refractivity contribution in [3.63, 3.8) is 0 Å². The molecule has 2 rings (SSSR count). The Kier molecular flexibility index (Phi) is 6.43. The molecule has 0 spiro atoms. The molecule has 0 radical (unpaired) electrons. The standard InChI is InChI=1S/C17H22N2O3S/c1-17(21,15-9-5-12-23-15)13-19-16(20)18-10-6-11-22-14-7-3-2-4-8-14/h2-5,7-9,12,21H,6,10-11,13H2,1H3,(H2,18,19,20). The average Bonchev–Trinajstić information content (AvgIpc) is 3.09. The molecule has 1 atom stereocenters. The molecular formula is C17H22N2O3S. The zero-order chi connectivity index (χ0) is 16.5. The van der Waals surface area contributed by atoms with Gasteiger partial charge in [-0.25, -0.2) is 4.79 Å². The van der Waals surface area contributed by atoms with Crippen LogP contribution in [-0.4, -0.2) is 30.8 Å².